The Morgan fingerprint density at radius 2 is 1.88 bits per heavy atom. The van der Waals surface area contributed by atoms with Crippen molar-refractivity contribution < 1.29 is 4.79 Å². The van der Waals surface area contributed by atoms with Crippen LogP contribution in [0.15, 0.2) is 55.0 Å². The summed E-state index contributed by atoms with van der Waals surface area (Å²) in [6.45, 7) is 3.94. The quantitative estimate of drug-likeness (QED) is 0.711. The summed E-state index contributed by atoms with van der Waals surface area (Å²) in [5.41, 5.74) is 4.06. The molecular weight excluding hydrogens is 324 g/mol. The van der Waals surface area contributed by atoms with Gasteiger partial charge in [0.1, 0.15) is 5.65 Å². The van der Waals surface area contributed by atoms with Crippen molar-refractivity contribution in [1.82, 2.24) is 19.2 Å². The van der Waals surface area contributed by atoms with Crippen LogP contribution in [0, 0.1) is 0 Å². The third-order valence-corrected chi connectivity index (χ3v) is 5.10. The highest BCUT2D eigenvalue weighted by Gasteiger charge is 2.17. The van der Waals surface area contributed by atoms with Gasteiger partial charge in [0.2, 0.25) is 0 Å². The summed E-state index contributed by atoms with van der Waals surface area (Å²) < 4.78 is 1.88. The Morgan fingerprint density at radius 1 is 1.12 bits per heavy atom. The minimum absolute atomic E-state index is 0.0246. The number of rotatable bonds is 5. The number of benzene rings is 1. The summed E-state index contributed by atoms with van der Waals surface area (Å²) >= 11 is 0. The fraction of sp³-hybridized carbons (Fsp3) is 0.333. The number of likely N-dealkylation sites (tertiary alicyclic amines) is 1. The summed E-state index contributed by atoms with van der Waals surface area (Å²) in [5.74, 6) is 0.0246. The van der Waals surface area contributed by atoms with Crippen LogP contribution in [-0.2, 0) is 13.1 Å². The molecule has 1 saturated heterocycles. The molecule has 5 heteroatoms. The Kier molecular flexibility index (Phi) is 4.71. The molecule has 134 valence electrons. The van der Waals surface area contributed by atoms with E-state index in [4.69, 9.17) is 0 Å². The number of imidazole rings is 1. The molecule has 0 N–H and O–H groups in total. The minimum atomic E-state index is 0.0246. The number of nitrogens with zero attached hydrogens (tertiary/aromatic N) is 4. The number of pyridine rings is 1. The number of carbonyl (C=O) groups excluding carboxylic acids is 1. The van der Waals surface area contributed by atoms with Gasteiger partial charge in [-0.15, -0.1) is 0 Å². The van der Waals surface area contributed by atoms with Gasteiger partial charge in [-0.3, -0.25) is 9.69 Å². The molecule has 3 heterocycles. The fourth-order valence-electron chi connectivity index (χ4n) is 3.64. The van der Waals surface area contributed by atoms with E-state index in [0.29, 0.717) is 12.1 Å². The Hall–Kier alpha value is -2.66. The van der Waals surface area contributed by atoms with Gasteiger partial charge >= 0.3 is 0 Å². The first-order chi connectivity index (χ1) is 12.7. The fourth-order valence-corrected chi connectivity index (χ4v) is 3.64. The number of aromatic nitrogens is 2. The second kappa shape index (κ2) is 7.30. The maximum Gasteiger partial charge on any atom is 0.255 e. The average Bonchev–Trinajstić information content (AvgIpc) is 3.33. The molecule has 5 nitrogen and oxygen atoms in total. The van der Waals surface area contributed by atoms with Crippen LogP contribution < -0.4 is 0 Å². The Bertz CT molecular complexity index is 911. The lowest BCUT2D eigenvalue weighted by Gasteiger charge is -2.22. The maximum atomic E-state index is 12.9. The van der Waals surface area contributed by atoms with Gasteiger partial charge in [0.25, 0.3) is 5.91 Å². The first-order valence-electron chi connectivity index (χ1n) is 9.18. The van der Waals surface area contributed by atoms with Crippen molar-refractivity contribution in [1.29, 1.82) is 0 Å². The molecule has 1 aliphatic heterocycles. The van der Waals surface area contributed by atoms with E-state index in [-0.39, 0.29) is 5.91 Å². The van der Waals surface area contributed by atoms with Crippen molar-refractivity contribution in [3.63, 3.8) is 0 Å². The van der Waals surface area contributed by atoms with Gasteiger partial charge in [-0.1, -0.05) is 24.3 Å². The lowest BCUT2D eigenvalue weighted by molar-refractivity contribution is 0.0784. The number of carbonyl (C=O) groups is 1. The van der Waals surface area contributed by atoms with Gasteiger partial charge in [0.15, 0.2) is 0 Å². The van der Waals surface area contributed by atoms with Gasteiger partial charge in [-0.05, 0) is 49.2 Å². The standard InChI is InChI=1S/C21H24N4O/c1-23(21(26)19-8-9-20-22-10-13-25(20)16-19)14-17-6-2-3-7-18(17)15-24-11-4-5-12-24/h2-3,6-10,13,16H,4-5,11-12,14-15H2,1H3. The van der Waals surface area contributed by atoms with E-state index in [9.17, 15) is 4.79 Å². The van der Waals surface area contributed by atoms with Crippen LogP contribution in [0.3, 0.4) is 0 Å². The maximum absolute atomic E-state index is 12.9. The van der Waals surface area contributed by atoms with Gasteiger partial charge < -0.3 is 9.30 Å². The van der Waals surface area contributed by atoms with Crippen molar-refractivity contribution in [3.8, 4) is 0 Å². The number of fused-ring (bicyclic) bond motifs is 1. The van der Waals surface area contributed by atoms with E-state index in [0.717, 1.165) is 12.2 Å². The highest BCUT2D eigenvalue weighted by atomic mass is 16.2. The Labute approximate surface area is 153 Å². The average molecular weight is 348 g/mol. The van der Waals surface area contributed by atoms with Gasteiger partial charge in [-0.25, -0.2) is 4.98 Å². The van der Waals surface area contributed by atoms with E-state index in [1.54, 1.807) is 11.1 Å². The molecule has 26 heavy (non-hydrogen) atoms. The molecule has 2 aromatic heterocycles. The van der Waals surface area contributed by atoms with E-state index < -0.39 is 0 Å². The van der Waals surface area contributed by atoms with Crippen LogP contribution in [-0.4, -0.2) is 45.2 Å². The third-order valence-electron chi connectivity index (χ3n) is 5.10. The molecule has 0 bridgehead atoms. The largest absolute Gasteiger partial charge is 0.337 e. The van der Waals surface area contributed by atoms with Crippen LogP contribution in [0.1, 0.15) is 34.3 Å². The van der Waals surface area contributed by atoms with Crippen molar-refractivity contribution in [2.24, 2.45) is 0 Å². The molecule has 0 atom stereocenters. The first kappa shape index (κ1) is 16.8. The molecule has 1 amide bonds. The molecule has 0 radical (unpaired) electrons. The molecule has 3 aromatic rings. The lowest BCUT2D eigenvalue weighted by atomic mass is 10.1. The lowest BCUT2D eigenvalue weighted by Crippen LogP contribution is -2.27. The van der Waals surface area contributed by atoms with Crippen molar-refractivity contribution >= 4 is 11.6 Å². The molecule has 1 fully saturated rings. The summed E-state index contributed by atoms with van der Waals surface area (Å²) in [7, 11) is 1.87. The molecule has 1 aliphatic rings. The van der Waals surface area contributed by atoms with E-state index in [2.05, 4.69) is 34.1 Å². The highest BCUT2D eigenvalue weighted by molar-refractivity contribution is 5.94. The molecule has 0 aliphatic carbocycles. The molecule has 4 rings (SSSR count). The topological polar surface area (TPSA) is 40.8 Å². The monoisotopic (exact) mass is 348 g/mol. The van der Waals surface area contributed by atoms with Gasteiger partial charge in [0, 0.05) is 38.7 Å². The molecule has 1 aromatic carbocycles. The minimum Gasteiger partial charge on any atom is -0.337 e. The van der Waals surface area contributed by atoms with Crippen LogP contribution >= 0.6 is 0 Å². The number of amides is 1. The van der Waals surface area contributed by atoms with Crippen LogP contribution in [0.2, 0.25) is 0 Å². The van der Waals surface area contributed by atoms with Crippen molar-refractivity contribution in [2.75, 3.05) is 20.1 Å². The van der Waals surface area contributed by atoms with Crippen LogP contribution in [0.25, 0.3) is 5.65 Å². The Balaban J connectivity index is 1.50. The SMILES string of the molecule is CN(Cc1ccccc1CN1CCCC1)C(=O)c1ccc2nccn2c1. The van der Waals surface area contributed by atoms with E-state index in [1.165, 1.54) is 37.1 Å². The predicted molar refractivity (Wildman–Crippen MR) is 102 cm³/mol. The predicted octanol–water partition coefficient (Wildman–Crippen LogP) is 3.20. The molecule has 0 unspecified atom stereocenters. The normalized spacial score (nSPS) is 14.8. The highest BCUT2D eigenvalue weighted by Crippen LogP contribution is 2.18. The first-order valence-corrected chi connectivity index (χ1v) is 9.18. The third kappa shape index (κ3) is 3.48. The van der Waals surface area contributed by atoms with Crippen molar-refractivity contribution in [3.05, 3.63) is 71.7 Å². The Morgan fingerprint density at radius 3 is 2.69 bits per heavy atom. The number of hydrogen-bond donors (Lipinski definition) is 0. The van der Waals surface area contributed by atoms with E-state index >= 15 is 0 Å². The number of hydrogen-bond acceptors (Lipinski definition) is 3. The van der Waals surface area contributed by atoms with E-state index in [1.807, 2.05) is 36.0 Å². The zero-order valence-electron chi connectivity index (χ0n) is 15.1. The zero-order valence-corrected chi connectivity index (χ0v) is 15.1. The summed E-state index contributed by atoms with van der Waals surface area (Å²) in [6, 6.07) is 12.2. The molecule has 0 spiro atoms. The second-order valence-corrected chi connectivity index (χ2v) is 7.02. The summed E-state index contributed by atoms with van der Waals surface area (Å²) in [4.78, 5) is 21.4. The van der Waals surface area contributed by atoms with Crippen molar-refractivity contribution in [2.45, 2.75) is 25.9 Å². The second-order valence-electron chi connectivity index (χ2n) is 7.02. The molecular formula is C21H24N4O. The van der Waals surface area contributed by atoms with Crippen LogP contribution in [0.5, 0.6) is 0 Å². The van der Waals surface area contributed by atoms with Crippen LogP contribution in [0.4, 0.5) is 0 Å². The molecule has 0 saturated carbocycles. The zero-order chi connectivity index (χ0) is 17.9. The van der Waals surface area contributed by atoms with Gasteiger partial charge in [0.05, 0.1) is 5.56 Å². The summed E-state index contributed by atoms with van der Waals surface area (Å²) in [5, 5.41) is 0. The van der Waals surface area contributed by atoms with Gasteiger partial charge in [-0.2, -0.15) is 0 Å². The smallest absolute Gasteiger partial charge is 0.255 e. The summed E-state index contributed by atoms with van der Waals surface area (Å²) in [6.07, 6.45) is 8.02.